The highest BCUT2D eigenvalue weighted by molar-refractivity contribution is 6.00. The molecule has 0 aliphatic heterocycles. The first kappa shape index (κ1) is 23.4. The predicted octanol–water partition coefficient (Wildman–Crippen LogP) is 2.76. The minimum Gasteiger partial charge on any atom is -0.459 e. The van der Waals surface area contributed by atoms with Gasteiger partial charge in [-0.05, 0) is 52.0 Å². The van der Waals surface area contributed by atoms with Crippen molar-refractivity contribution in [3.63, 3.8) is 0 Å². The fourth-order valence-corrected chi connectivity index (χ4v) is 3.63. The van der Waals surface area contributed by atoms with Crippen molar-refractivity contribution in [1.29, 1.82) is 0 Å². The second-order valence-electron chi connectivity index (χ2n) is 8.05. The minimum atomic E-state index is -0.796. The van der Waals surface area contributed by atoms with Gasteiger partial charge in [0.1, 0.15) is 5.69 Å². The molecular formula is C21H31N3O6. The molecule has 1 aliphatic rings. The number of amides is 3. The van der Waals surface area contributed by atoms with E-state index >= 15 is 0 Å². The molecule has 1 saturated carbocycles. The number of H-pyrrole nitrogens is 1. The highest BCUT2D eigenvalue weighted by atomic mass is 16.5. The number of imide groups is 1. The number of ether oxygens (including phenoxy) is 2. The average molecular weight is 421 g/mol. The Kier molecular flexibility index (Phi) is 8.02. The van der Waals surface area contributed by atoms with Crippen LogP contribution < -0.4 is 10.6 Å². The van der Waals surface area contributed by atoms with Crippen LogP contribution in [0.3, 0.4) is 0 Å². The Balaban J connectivity index is 1.88. The number of aromatic amines is 1. The first-order chi connectivity index (χ1) is 14.1. The number of esters is 2. The van der Waals surface area contributed by atoms with Gasteiger partial charge in [0.25, 0.3) is 5.91 Å². The Morgan fingerprint density at radius 3 is 2.40 bits per heavy atom. The monoisotopic (exact) mass is 421 g/mol. The molecule has 3 amide bonds. The molecule has 1 aromatic rings. The van der Waals surface area contributed by atoms with Gasteiger partial charge in [0.2, 0.25) is 0 Å². The van der Waals surface area contributed by atoms with Crippen LogP contribution in [0.5, 0.6) is 0 Å². The van der Waals surface area contributed by atoms with Gasteiger partial charge in [-0.1, -0.05) is 19.8 Å². The Morgan fingerprint density at radius 1 is 1.10 bits per heavy atom. The van der Waals surface area contributed by atoms with E-state index in [0.717, 1.165) is 25.7 Å². The summed E-state index contributed by atoms with van der Waals surface area (Å²) in [4.78, 5) is 51.3. The van der Waals surface area contributed by atoms with E-state index in [0.29, 0.717) is 17.2 Å². The van der Waals surface area contributed by atoms with Crippen LogP contribution in [0, 0.1) is 19.8 Å². The number of urea groups is 1. The predicted molar refractivity (Wildman–Crippen MR) is 109 cm³/mol. The van der Waals surface area contributed by atoms with Gasteiger partial charge in [0.15, 0.2) is 6.61 Å². The van der Waals surface area contributed by atoms with Crippen molar-refractivity contribution in [2.24, 2.45) is 5.92 Å². The minimum absolute atomic E-state index is 0.0302. The van der Waals surface area contributed by atoms with Gasteiger partial charge in [0.05, 0.1) is 11.7 Å². The number of hydrogen-bond donors (Lipinski definition) is 3. The van der Waals surface area contributed by atoms with Crippen molar-refractivity contribution in [3.8, 4) is 0 Å². The summed E-state index contributed by atoms with van der Waals surface area (Å²) in [6.45, 7) is 8.15. The fraction of sp³-hybridized carbons (Fsp3) is 0.619. The lowest BCUT2D eigenvalue weighted by Gasteiger charge is -2.29. The van der Waals surface area contributed by atoms with Crippen molar-refractivity contribution < 1.29 is 28.7 Å². The van der Waals surface area contributed by atoms with Gasteiger partial charge in [-0.25, -0.2) is 14.4 Å². The van der Waals surface area contributed by atoms with Gasteiger partial charge < -0.3 is 19.8 Å². The molecule has 1 fully saturated rings. The van der Waals surface area contributed by atoms with Crippen LogP contribution in [0.15, 0.2) is 0 Å². The largest absolute Gasteiger partial charge is 0.459 e. The SMILES string of the molecule is Cc1[nH]c(C(=O)OCC(=O)NC(=O)N[C@@H]2CCCC[C@@H]2C)c(C)c1C(=O)OC(C)C. The molecule has 0 bridgehead atoms. The molecule has 1 aromatic heterocycles. The highest BCUT2D eigenvalue weighted by Crippen LogP contribution is 2.23. The number of carbonyl (C=O) groups is 4. The summed E-state index contributed by atoms with van der Waals surface area (Å²) in [7, 11) is 0. The van der Waals surface area contributed by atoms with Crippen LogP contribution in [-0.4, -0.2) is 47.6 Å². The molecule has 0 aromatic carbocycles. The molecule has 0 radical (unpaired) electrons. The third-order valence-corrected chi connectivity index (χ3v) is 5.20. The van der Waals surface area contributed by atoms with Crippen molar-refractivity contribution in [3.05, 3.63) is 22.5 Å². The third-order valence-electron chi connectivity index (χ3n) is 5.20. The molecule has 2 atom stereocenters. The number of rotatable bonds is 6. The molecule has 1 aliphatic carbocycles. The van der Waals surface area contributed by atoms with Gasteiger partial charge in [-0.15, -0.1) is 0 Å². The number of hydrogen-bond acceptors (Lipinski definition) is 6. The third kappa shape index (κ3) is 6.08. The Morgan fingerprint density at radius 2 is 1.77 bits per heavy atom. The van der Waals surface area contributed by atoms with Crippen LogP contribution in [0.2, 0.25) is 0 Å². The van der Waals surface area contributed by atoms with E-state index in [1.165, 1.54) is 0 Å². The second-order valence-corrected chi connectivity index (χ2v) is 8.05. The lowest BCUT2D eigenvalue weighted by molar-refractivity contribution is -0.123. The first-order valence-corrected chi connectivity index (χ1v) is 10.3. The maximum Gasteiger partial charge on any atom is 0.355 e. The zero-order chi connectivity index (χ0) is 22.4. The Hall–Kier alpha value is -2.84. The zero-order valence-electron chi connectivity index (χ0n) is 18.2. The fourth-order valence-electron chi connectivity index (χ4n) is 3.63. The van der Waals surface area contributed by atoms with E-state index < -0.39 is 30.5 Å². The molecule has 9 heteroatoms. The lowest BCUT2D eigenvalue weighted by Crippen LogP contribution is -2.48. The summed E-state index contributed by atoms with van der Waals surface area (Å²) in [5.74, 6) is -1.71. The molecule has 0 unspecified atom stereocenters. The van der Waals surface area contributed by atoms with E-state index in [-0.39, 0.29) is 23.4 Å². The quantitative estimate of drug-likeness (QED) is 0.606. The van der Waals surface area contributed by atoms with Crippen molar-refractivity contribution in [2.45, 2.75) is 72.4 Å². The van der Waals surface area contributed by atoms with Crippen LogP contribution >= 0.6 is 0 Å². The van der Waals surface area contributed by atoms with Crippen LogP contribution in [0.1, 0.15) is 78.6 Å². The topological polar surface area (TPSA) is 127 Å². The molecule has 30 heavy (non-hydrogen) atoms. The van der Waals surface area contributed by atoms with Crippen molar-refractivity contribution >= 4 is 23.9 Å². The molecule has 2 rings (SSSR count). The molecule has 3 N–H and O–H groups in total. The Bertz CT molecular complexity index is 814. The summed E-state index contributed by atoms with van der Waals surface area (Å²) < 4.78 is 10.2. The summed E-state index contributed by atoms with van der Waals surface area (Å²) in [6, 6.07) is -0.567. The Labute approximate surface area is 176 Å². The summed E-state index contributed by atoms with van der Waals surface area (Å²) in [5.41, 5.74) is 1.18. The van der Waals surface area contributed by atoms with E-state index in [4.69, 9.17) is 9.47 Å². The number of carbonyl (C=O) groups excluding carboxylic acids is 4. The number of aryl methyl sites for hydroxylation is 1. The second kappa shape index (κ2) is 10.3. The smallest absolute Gasteiger partial charge is 0.355 e. The normalized spacial score (nSPS) is 18.6. The van der Waals surface area contributed by atoms with E-state index in [1.807, 2.05) is 0 Å². The van der Waals surface area contributed by atoms with Crippen molar-refractivity contribution in [2.75, 3.05) is 6.61 Å². The molecule has 0 spiro atoms. The van der Waals surface area contributed by atoms with Gasteiger partial charge >= 0.3 is 18.0 Å². The molecule has 166 valence electrons. The van der Waals surface area contributed by atoms with E-state index in [1.54, 1.807) is 27.7 Å². The van der Waals surface area contributed by atoms with Crippen LogP contribution in [0.4, 0.5) is 4.79 Å². The van der Waals surface area contributed by atoms with Gasteiger partial charge in [0, 0.05) is 11.7 Å². The van der Waals surface area contributed by atoms with Gasteiger partial charge in [-0.2, -0.15) is 0 Å². The van der Waals surface area contributed by atoms with Gasteiger partial charge in [-0.3, -0.25) is 10.1 Å². The summed E-state index contributed by atoms with van der Waals surface area (Å²) in [5, 5.41) is 4.97. The molecule has 0 saturated heterocycles. The van der Waals surface area contributed by atoms with Crippen LogP contribution in [0.25, 0.3) is 0 Å². The average Bonchev–Trinajstić information content (AvgIpc) is 2.95. The van der Waals surface area contributed by atoms with E-state index in [2.05, 4.69) is 22.5 Å². The summed E-state index contributed by atoms with van der Waals surface area (Å²) in [6.07, 6.45) is 3.81. The van der Waals surface area contributed by atoms with Crippen LogP contribution in [-0.2, 0) is 14.3 Å². The first-order valence-electron chi connectivity index (χ1n) is 10.3. The maximum absolute atomic E-state index is 12.3. The summed E-state index contributed by atoms with van der Waals surface area (Å²) >= 11 is 0. The zero-order valence-corrected chi connectivity index (χ0v) is 18.2. The highest BCUT2D eigenvalue weighted by Gasteiger charge is 2.26. The van der Waals surface area contributed by atoms with E-state index in [9.17, 15) is 19.2 Å². The number of nitrogens with one attached hydrogen (secondary N) is 3. The lowest BCUT2D eigenvalue weighted by atomic mass is 9.86. The van der Waals surface area contributed by atoms with Crippen molar-refractivity contribution in [1.82, 2.24) is 15.6 Å². The number of aromatic nitrogens is 1. The maximum atomic E-state index is 12.3. The standard InChI is InChI=1S/C21H31N3O6/c1-11(2)30-19(26)17-13(4)18(22-14(17)5)20(27)29-10-16(25)24-21(28)23-15-9-7-6-8-12(15)3/h11-12,15,22H,6-10H2,1-5H3,(H2,23,24,25,28)/t12-,15+/m0/s1. The molecule has 9 nitrogen and oxygen atoms in total. The molecular weight excluding hydrogens is 390 g/mol. The molecule has 1 heterocycles.